The first kappa shape index (κ1) is 12.6. The molecule has 4 heteroatoms. The molecule has 0 aromatic heterocycles. The van der Waals surface area contributed by atoms with Crippen LogP contribution in [0.1, 0.15) is 18.9 Å². The third-order valence-corrected chi connectivity index (χ3v) is 3.90. The molecule has 2 atom stereocenters. The van der Waals surface area contributed by atoms with Crippen LogP contribution in [0.25, 0.3) is 0 Å². The highest BCUT2D eigenvalue weighted by atomic mass is 79.9. The number of hydrogen-bond donors (Lipinski definition) is 1. The summed E-state index contributed by atoms with van der Waals surface area (Å²) in [6.45, 7) is 3.20. The summed E-state index contributed by atoms with van der Waals surface area (Å²) in [5.74, 6) is 0.0863. The third kappa shape index (κ3) is 3.07. The molecule has 0 saturated carbocycles. The monoisotopic (exact) mass is 297 g/mol. The SMILES string of the molecule is CC1OCCC1C(=O)NCc1ccccc1Br. The van der Waals surface area contributed by atoms with Gasteiger partial charge in [-0.3, -0.25) is 4.79 Å². The van der Waals surface area contributed by atoms with Crippen molar-refractivity contribution in [1.82, 2.24) is 5.32 Å². The van der Waals surface area contributed by atoms with Crippen LogP contribution in [-0.4, -0.2) is 18.6 Å². The van der Waals surface area contributed by atoms with Crippen molar-refractivity contribution in [2.24, 2.45) is 5.92 Å². The molecule has 1 saturated heterocycles. The van der Waals surface area contributed by atoms with Crippen molar-refractivity contribution >= 4 is 21.8 Å². The number of hydrogen-bond acceptors (Lipinski definition) is 2. The van der Waals surface area contributed by atoms with Gasteiger partial charge in [0.2, 0.25) is 5.91 Å². The lowest BCUT2D eigenvalue weighted by Crippen LogP contribution is -2.33. The van der Waals surface area contributed by atoms with Crippen molar-refractivity contribution in [2.45, 2.75) is 26.0 Å². The Balaban J connectivity index is 1.90. The fourth-order valence-corrected chi connectivity index (χ4v) is 2.46. The van der Waals surface area contributed by atoms with Crippen molar-refractivity contribution in [3.63, 3.8) is 0 Å². The Bertz CT molecular complexity index is 408. The average Bonchev–Trinajstić information content (AvgIpc) is 2.74. The van der Waals surface area contributed by atoms with Gasteiger partial charge in [0.05, 0.1) is 12.0 Å². The zero-order valence-electron chi connectivity index (χ0n) is 9.78. The molecule has 17 heavy (non-hydrogen) atoms. The van der Waals surface area contributed by atoms with Gasteiger partial charge in [-0.05, 0) is 25.0 Å². The second kappa shape index (κ2) is 5.65. The van der Waals surface area contributed by atoms with E-state index < -0.39 is 0 Å². The van der Waals surface area contributed by atoms with Crippen LogP contribution >= 0.6 is 15.9 Å². The zero-order chi connectivity index (χ0) is 12.3. The molecule has 2 unspecified atom stereocenters. The van der Waals surface area contributed by atoms with Gasteiger partial charge >= 0.3 is 0 Å². The van der Waals surface area contributed by atoms with Crippen molar-refractivity contribution in [3.05, 3.63) is 34.3 Å². The number of benzene rings is 1. The van der Waals surface area contributed by atoms with Crippen LogP contribution in [0, 0.1) is 5.92 Å². The third-order valence-electron chi connectivity index (χ3n) is 3.12. The van der Waals surface area contributed by atoms with E-state index in [0.717, 1.165) is 16.5 Å². The molecule has 1 fully saturated rings. The summed E-state index contributed by atoms with van der Waals surface area (Å²) < 4.78 is 6.42. The molecule has 1 heterocycles. The number of amides is 1. The van der Waals surface area contributed by atoms with Crippen molar-refractivity contribution in [1.29, 1.82) is 0 Å². The maximum Gasteiger partial charge on any atom is 0.226 e. The Kier molecular flexibility index (Phi) is 4.18. The highest BCUT2D eigenvalue weighted by Crippen LogP contribution is 2.21. The van der Waals surface area contributed by atoms with Crippen LogP contribution in [0.3, 0.4) is 0 Å². The van der Waals surface area contributed by atoms with E-state index >= 15 is 0 Å². The molecule has 0 aliphatic carbocycles. The topological polar surface area (TPSA) is 38.3 Å². The summed E-state index contributed by atoms with van der Waals surface area (Å²) in [5, 5.41) is 2.96. The smallest absolute Gasteiger partial charge is 0.226 e. The van der Waals surface area contributed by atoms with Gasteiger partial charge in [0.15, 0.2) is 0 Å². The molecule has 1 aromatic carbocycles. The number of halogens is 1. The van der Waals surface area contributed by atoms with E-state index in [0.29, 0.717) is 13.2 Å². The van der Waals surface area contributed by atoms with E-state index in [9.17, 15) is 4.79 Å². The van der Waals surface area contributed by atoms with E-state index in [2.05, 4.69) is 21.2 Å². The Hall–Kier alpha value is -0.870. The Morgan fingerprint density at radius 3 is 2.94 bits per heavy atom. The van der Waals surface area contributed by atoms with Gasteiger partial charge in [0.1, 0.15) is 0 Å². The summed E-state index contributed by atoms with van der Waals surface area (Å²) in [6, 6.07) is 7.90. The van der Waals surface area contributed by atoms with E-state index in [4.69, 9.17) is 4.74 Å². The van der Waals surface area contributed by atoms with Gasteiger partial charge < -0.3 is 10.1 Å². The Morgan fingerprint density at radius 2 is 2.29 bits per heavy atom. The first-order valence-electron chi connectivity index (χ1n) is 5.81. The van der Waals surface area contributed by atoms with Gasteiger partial charge in [0.25, 0.3) is 0 Å². The molecular formula is C13H16BrNO2. The van der Waals surface area contributed by atoms with Crippen LogP contribution in [0.4, 0.5) is 0 Å². The van der Waals surface area contributed by atoms with Crippen molar-refractivity contribution < 1.29 is 9.53 Å². The van der Waals surface area contributed by atoms with E-state index in [1.807, 2.05) is 31.2 Å². The molecule has 2 rings (SSSR count). The van der Waals surface area contributed by atoms with E-state index in [1.165, 1.54) is 0 Å². The maximum absolute atomic E-state index is 11.9. The summed E-state index contributed by atoms with van der Waals surface area (Å²) in [7, 11) is 0. The molecule has 92 valence electrons. The molecule has 1 amide bonds. The summed E-state index contributed by atoms with van der Waals surface area (Å²) in [4.78, 5) is 11.9. The molecule has 0 bridgehead atoms. The van der Waals surface area contributed by atoms with Crippen LogP contribution < -0.4 is 5.32 Å². The zero-order valence-corrected chi connectivity index (χ0v) is 11.4. The highest BCUT2D eigenvalue weighted by Gasteiger charge is 2.30. The van der Waals surface area contributed by atoms with Gasteiger partial charge in [0, 0.05) is 17.6 Å². The number of carbonyl (C=O) groups excluding carboxylic acids is 1. The molecule has 0 spiro atoms. The molecule has 1 aromatic rings. The van der Waals surface area contributed by atoms with Crippen LogP contribution in [0.15, 0.2) is 28.7 Å². The van der Waals surface area contributed by atoms with Crippen molar-refractivity contribution in [3.8, 4) is 0 Å². The summed E-state index contributed by atoms with van der Waals surface area (Å²) in [5.41, 5.74) is 1.09. The minimum absolute atomic E-state index is 0.00233. The quantitative estimate of drug-likeness (QED) is 0.931. The summed E-state index contributed by atoms with van der Waals surface area (Å²) >= 11 is 3.47. The molecule has 1 N–H and O–H groups in total. The van der Waals surface area contributed by atoms with Gasteiger partial charge in [-0.1, -0.05) is 34.1 Å². The lowest BCUT2D eigenvalue weighted by Gasteiger charge is -2.14. The molecule has 0 radical (unpaired) electrons. The van der Waals surface area contributed by atoms with Gasteiger partial charge in [-0.2, -0.15) is 0 Å². The first-order valence-corrected chi connectivity index (χ1v) is 6.60. The molecule has 3 nitrogen and oxygen atoms in total. The largest absolute Gasteiger partial charge is 0.378 e. The van der Waals surface area contributed by atoms with Crippen LogP contribution in [0.2, 0.25) is 0 Å². The first-order chi connectivity index (χ1) is 8.18. The van der Waals surface area contributed by atoms with Crippen LogP contribution in [-0.2, 0) is 16.1 Å². The van der Waals surface area contributed by atoms with E-state index in [-0.39, 0.29) is 17.9 Å². The molecular weight excluding hydrogens is 282 g/mol. The molecule has 1 aliphatic rings. The fraction of sp³-hybridized carbons (Fsp3) is 0.462. The second-order valence-electron chi connectivity index (χ2n) is 4.28. The minimum Gasteiger partial charge on any atom is -0.378 e. The van der Waals surface area contributed by atoms with Gasteiger partial charge in [-0.15, -0.1) is 0 Å². The van der Waals surface area contributed by atoms with E-state index in [1.54, 1.807) is 0 Å². The van der Waals surface area contributed by atoms with Crippen molar-refractivity contribution in [2.75, 3.05) is 6.61 Å². The highest BCUT2D eigenvalue weighted by molar-refractivity contribution is 9.10. The number of nitrogens with one attached hydrogen (secondary N) is 1. The predicted octanol–water partition coefficient (Wildman–Crippen LogP) is 2.49. The Labute approximate surface area is 110 Å². The Morgan fingerprint density at radius 1 is 1.53 bits per heavy atom. The lowest BCUT2D eigenvalue weighted by molar-refractivity contribution is -0.126. The number of carbonyl (C=O) groups is 1. The normalized spacial score (nSPS) is 23.6. The molecule has 1 aliphatic heterocycles. The lowest BCUT2D eigenvalue weighted by atomic mass is 10.0. The second-order valence-corrected chi connectivity index (χ2v) is 5.13. The maximum atomic E-state index is 11.9. The predicted molar refractivity (Wildman–Crippen MR) is 69.5 cm³/mol. The fourth-order valence-electron chi connectivity index (χ4n) is 2.03. The average molecular weight is 298 g/mol. The standard InChI is InChI=1S/C13H16BrNO2/c1-9-11(6-7-17-9)13(16)15-8-10-4-2-3-5-12(10)14/h2-5,9,11H,6-8H2,1H3,(H,15,16). The number of rotatable bonds is 3. The van der Waals surface area contributed by atoms with Crippen LogP contribution in [0.5, 0.6) is 0 Å². The van der Waals surface area contributed by atoms with Gasteiger partial charge in [-0.25, -0.2) is 0 Å². The minimum atomic E-state index is -0.00233. The summed E-state index contributed by atoms with van der Waals surface area (Å²) in [6.07, 6.45) is 0.859. The number of ether oxygens (including phenoxy) is 1.